The Bertz CT molecular complexity index is 533. The standard InChI is InChI=1S/C15H14F2O2S/c16-15(17,11-18)20(19)14(12-7-3-1-4-8-12)13-9-5-2-6-10-13/h1-10,14,18H,11H2/t20-/m0/s1. The van der Waals surface area contributed by atoms with Crippen molar-refractivity contribution in [3.05, 3.63) is 71.8 Å². The molecule has 0 fully saturated rings. The van der Waals surface area contributed by atoms with E-state index < -0.39 is 27.9 Å². The molecule has 1 atom stereocenters. The van der Waals surface area contributed by atoms with E-state index in [1.54, 1.807) is 60.7 Å². The molecule has 0 heterocycles. The van der Waals surface area contributed by atoms with Gasteiger partial charge in [-0.3, -0.25) is 4.21 Å². The maximum atomic E-state index is 13.6. The van der Waals surface area contributed by atoms with Crippen LogP contribution in [0.3, 0.4) is 0 Å². The van der Waals surface area contributed by atoms with E-state index in [4.69, 9.17) is 5.11 Å². The first-order valence-electron chi connectivity index (χ1n) is 6.05. The highest BCUT2D eigenvalue weighted by Crippen LogP contribution is 2.35. The first kappa shape index (κ1) is 14.8. The van der Waals surface area contributed by atoms with Gasteiger partial charge in [-0.05, 0) is 11.1 Å². The van der Waals surface area contributed by atoms with Gasteiger partial charge in [-0.25, -0.2) is 0 Å². The summed E-state index contributed by atoms with van der Waals surface area (Å²) >= 11 is 0. The SMILES string of the molecule is O=[S@@](C(c1ccccc1)c1ccccc1)C(F)(F)CO. The van der Waals surface area contributed by atoms with Crippen molar-refractivity contribution in [3.63, 3.8) is 0 Å². The second-order valence-electron chi connectivity index (χ2n) is 4.29. The second-order valence-corrected chi connectivity index (χ2v) is 5.96. The fraction of sp³-hybridized carbons (Fsp3) is 0.200. The van der Waals surface area contributed by atoms with Crippen molar-refractivity contribution in [1.29, 1.82) is 0 Å². The molecular weight excluding hydrogens is 282 g/mol. The minimum absolute atomic E-state index is 0.533. The minimum atomic E-state index is -3.64. The topological polar surface area (TPSA) is 37.3 Å². The summed E-state index contributed by atoms with van der Waals surface area (Å²) in [4.78, 5) is 0. The number of aliphatic hydroxyl groups is 1. The molecule has 0 spiro atoms. The summed E-state index contributed by atoms with van der Waals surface area (Å²) in [6.45, 7) is -1.43. The van der Waals surface area contributed by atoms with Crippen LogP contribution in [0.4, 0.5) is 8.78 Å². The molecule has 2 aromatic rings. The minimum Gasteiger partial charge on any atom is -0.389 e. The fourth-order valence-corrected chi connectivity index (χ4v) is 3.21. The Kier molecular flexibility index (Phi) is 4.62. The van der Waals surface area contributed by atoms with Crippen LogP contribution < -0.4 is 0 Å². The summed E-state index contributed by atoms with van der Waals surface area (Å²) in [6.07, 6.45) is 0. The molecule has 2 aromatic carbocycles. The number of hydrogen-bond acceptors (Lipinski definition) is 2. The number of hydrogen-bond donors (Lipinski definition) is 1. The molecule has 20 heavy (non-hydrogen) atoms. The molecule has 0 aliphatic carbocycles. The van der Waals surface area contributed by atoms with Crippen LogP contribution in [0.15, 0.2) is 60.7 Å². The van der Waals surface area contributed by atoms with Gasteiger partial charge in [0.05, 0.1) is 5.25 Å². The van der Waals surface area contributed by atoms with Crippen molar-refractivity contribution < 1.29 is 18.1 Å². The van der Waals surface area contributed by atoms with Gasteiger partial charge in [0.2, 0.25) is 0 Å². The van der Waals surface area contributed by atoms with Crippen molar-refractivity contribution in [3.8, 4) is 0 Å². The smallest absolute Gasteiger partial charge is 0.344 e. The van der Waals surface area contributed by atoms with Crippen molar-refractivity contribution >= 4 is 10.8 Å². The molecule has 0 aliphatic heterocycles. The van der Waals surface area contributed by atoms with E-state index in [2.05, 4.69) is 0 Å². The van der Waals surface area contributed by atoms with Gasteiger partial charge in [0.15, 0.2) is 0 Å². The molecule has 0 saturated heterocycles. The molecule has 0 aliphatic rings. The fourth-order valence-electron chi connectivity index (χ4n) is 1.93. The lowest BCUT2D eigenvalue weighted by molar-refractivity contribution is 0.0306. The monoisotopic (exact) mass is 296 g/mol. The van der Waals surface area contributed by atoms with Crippen molar-refractivity contribution in [2.24, 2.45) is 0 Å². The second kappa shape index (κ2) is 6.24. The van der Waals surface area contributed by atoms with Crippen LogP contribution in [0.2, 0.25) is 0 Å². The number of halogens is 2. The zero-order chi connectivity index (χ0) is 14.6. The Morgan fingerprint density at radius 1 is 0.950 bits per heavy atom. The number of alkyl halides is 2. The molecule has 0 saturated carbocycles. The lowest BCUT2D eigenvalue weighted by Crippen LogP contribution is -2.31. The molecule has 2 rings (SSSR count). The summed E-state index contributed by atoms with van der Waals surface area (Å²) in [6, 6.07) is 17.0. The van der Waals surface area contributed by atoms with E-state index in [9.17, 15) is 13.0 Å². The third kappa shape index (κ3) is 3.11. The summed E-state index contributed by atoms with van der Waals surface area (Å²) in [5, 5.41) is 4.15. The van der Waals surface area contributed by atoms with Crippen LogP contribution in [-0.4, -0.2) is 21.2 Å². The van der Waals surface area contributed by atoms with Gasteiger partial charge >= 0.3 is 5.25 Å². The quantitative estimate of drug-likeness (QED) is 0.920. The van der Waals surface area contributed by atoms with Gasteiger partial charge in [-0.15, -0.1) is 0 Å². The van der Waals surface area contributed by atoms with Crippen LogP contribution in [0.5, 0.6) is 0 Å². The Balaban J connectivity index is 2.49. The molecular formula is C15H14F2O2S. The van der Waals surface area contributed by atoms with Gasteiger partial charge in [0, 0.05) is 0 Å². The predicted molar refractivity (Wildman–Crippen MR) is 74.9 cm³/mol. The van der Waals surface area contributed by atoms with Gasteiger partial charge < -0.3 is 5.11 Å². The van der Waals surface area contributed by atoms with E-state index >= 15 is 0 Å². The largest absolute Gasteiger partial charge is 0.389 e. The summed E-state index contributed by atoms with van der Waals surface area (Å²) < 4.78 is 39.4. The van der Waals surface area contributed by atoms with Crippen LogP contribution >= 0.6 is 0 Å². The first-order valence-corrected chi connectivity index (χ1v) is 7.27. The van der Waals surface area contributed by atoms with Crippen LogP contribution in [0, 0.1) is 0 Å². The van der Waals surface area contributed by atoms with Crippen LogP contribution in [-0.2, 0) is 10.8 Å². The van der Waals surface area contributed by atoms with Gasteiger partial charge in [-0.1, -0.05) is 60.7 Å². The number of rotatable bonds is 5. The highest BCUT2D eigenvalue weighted by atomic mass is 32.2. The lowest BCUT2D eigenvalue weighted by atomic mass is 10.0. The van der Waals surface area contributed by atoms with Gasteiger partial charge in [0.1, 0.15) is 17.4 Å². The maximum absolute atomic E-state index is 13.6. The normalized spacial score (nSPS) is 13.4. The van der Waals surface area contributed by atoms with E-state index in [0.29, 0.717) is 11.1 Å². The third-order valence-electron chi connectivity index (χ3n) is 2.90. The molecule has 0 radical (unpaired) electrons. The molecule has 2 nitrogen and oxygen atoms in total. The zero-order valence-electron chi connectivity index (χ0n) is 10.6. The number of aliphatic hydroxyl groups excluding tert-OH is 1. The highest BCUT2D eigenvalue weighted by Gasteiger charge is 2.42. The molecule has 5 heteroatoms. The van der Waals surface area contributed by atoms with Crippen molar-refractivity contribution in [1.82, 2.24) is 0 Å². The average molecular weight is 296 g/mol. The summed E-state index contributed by atoms with van der Waals surface area (Å²) in [5.41, 5.74) is 1.07. The van der Waals surface area contributed by atoms with E-state index in [1.807, 2.05) is 0 Å². The van der Waals surface area contributed by atoms with E-state index in [-0.39, 0.29) is 0 Å². The van der Waals surface area contributed by atoms with E-state index in [0.717, 1.165) is 0 Å². The third-order valence-corrected chi connectivity index (χ3v) is 4.59. The Morgan fingerprint density at radius 3 is 1.70 bits per heavy atom. The van der Waals surface area contributed by atoms with Gasteiger partial charge in [-0.2, -0.15) is 8.78 Å². The predicted octanol–water partition coefficient (Wildman–Crippen LogP) is 3.11. The van der Waals surface area contributed by atoms with Crippen LogP contribution in [0.25, 0.3) is 0 Å². The Labute approximate surface area is 118 Å². The van der Waals surface area contributed by atoms with E-state index in [1.165, 1.54) is 0 Å². The molecule has 0 aromatic heterocycles. The lowest BCUT2D eigenvalue weighted by Gasteiger charge is -2.22. The molecule has 0 unspecified atom stereocenters. The average Bonchev–Trinajstić information content (AvgIpc) is 2.49. The Hall–Kier alpha value is -1.59. The first-order chi connectivity index (χ1) is 9.56. The maximum Gasteiger partial charge on any atom is 0.344 e. The number of benzene rings is 2. The van der Waals surface area contributed by atoms with Crippen molar-refractivity contribution in [2.45, 2.75) is 10.5 Å². The molecule has 106 valence electrons. The molecule has 0 bridgehead atoms. The van der Waals surface area contributed by atoms with Crippen LogP contribution in [0.1, 0.15) is 16.4 Å². The summed E-state index contributed by atoms with van der Waals surface area (Å²) in [7, 11) is -2.55. The van der Waals surface area contributed by atoms with Gasteiger partial charge in [0.25, 0.3) is 0 Å². The molecule has 0 amide bonds. The van der Waals surface area contributed by atoms with Crippen molar-refractivity contribution in [2.75, 3.05) is 6.61 Å². The Morgan fingerprint density at radius 2 is 1.35 bits per heavy atom. The highest BCUT2D eigenvalue weighted by molar-refractivity contribution is 7.86. The molecule has 1 N–H and O–H groups in total. The summed E-state index contributed by atoms with van der Waals surface area (Å²) in [5.74, 6) is 0. The zero-order valence-corrected chi connectivity index (χ0v) is 11.4.